The van der Waals surface area contributed by atoms with Crippen LogP contribution in [0.3, 0.4) is 0 Å². The number of carbonyl (C=O) groups excluding carboxylic acids is 2. The van der Waals surface area contributed by atoms with Crippen molar-refractivity contribution in [3.05, 3.63) is 64.9 Å². The van der Waals surface area contributed by atoms with Gasteiger partial charge in [-0.25, -0.2) is 0 Å². The molecule has 1 N–H and O–H groups in total. The molecule has 6 nitrogen and oxygen atoms in total. The highest BCUT2D eigenvalue weighted by molar-refractivity contribution is 7.13. The topological polar surface area (TPSA) is 75.2 Å². The molecule has 1 aromatic carbocycles. The Morgan fingerprint density at radius 1 is 1.21 bits per heavy atom. The van der Waals surface area contributed by atoms with Gasteiger partial charge in [0.05, 0.1) is 23.0 Å². The Hall–Kier alpha value is -3.06. The summed E-state index contributed by atoms with van der Waals surface area (Å²) in [6, 6.07) is 9.89. The van der Waals surface area contributed by atoms with Crippen molar-refractivity contribution in [1.29, 1.82) is 0 Å². The van der Waals surface area contributed by atoms with Crippen LogP contribution in [0.2, 0.25) is 0 Å². The number of hydrogen-bond acceptors (Lipinski definition) is 5. The summed E-state index contributed by atoms with van der Waals surface area (Å²) in [6.45, 7) is 4.74. The Labute approximate surface area is 173 Å². The molecule has 0 radical (unpaired) electrons. The lowest BCUT2D eigenvalue weighted by Crippen LogP contribution is -2.33. The van der Waals surface area contributed by atoms with E-state index >= 15 is 0 Å². The van der Waals surface area contributed by atoms with E-state index in [4.69, 9.17) is 0 Å². The minimum absolute atomic E-state index is 0.0211. The average molecular weight is 407 g/mol. The van der Waals surface area contributed by atoms with Crippen LogP contribution in [0.5, 0.6) is 0 Å². The zero-order valence-corrected chi connectivity index (χ0v) is 17.2. The van der Waals surface area contributed by atoms with Crippen LogP contribution in [-0.4, -0.2) is 28.3 Å². The highest BCUT2D eigenvalue weighted by Gasteiger charge is 2.35. The molecule has 0 spiro atoms. The van der Waals surface area contributed by atoms with Gasteiger partial charge < -0.3 is 10.2 Å². The van der Waals surface area contributed by atoms with Gasteiger partial charge in [0.2, 0.25) is 11.8 Å². The maximum Gasteiger partial charge on any atom is 0.227 e. The number of thiophene rings is 1. The zero-order valence-electron chi connectivity index (χ0n) is 16.4. The maximum absolute atomic E-state index is 12.7. The van der Waals surface area contributed by atoms with E-state index in [1.807, 2.05) is 49.6 Å². The van der Waals surface area contributed by atoms with Crippen LogP contribution in [0.4, 0.5) is 5.69 Å². The second-order valence-corrected chi connectivity index (χ2v) is 8.17. The van der Waals surface area contributed by atoms with Crippen molar-refractivity contribution in [1.82, 2.24) is 15.3 Å². The minimum Gasteiger partial charge on any atom is -0.350 e. The molecule has 148 valence electrons. The Kier molecular flexibility index (Phi) is 5.40. The fraction of sp³-hybridized carbons (Fsp3) is 0.273. The molecule has 2 aromatic heterocycles. The van der Waals surface area contributed by atoms with E-state index in [0.29, 0.717) is 6.54 Å². The standard InChI is InChI=1S/C22H22N4O2S/c1-14-5-6-17(10-15(14)2)26-13-16(11-20(26)27)22(28)25-12-18-21(24-8-7-23-18)19-4-3-9-29-19/h3-10,16H,11-13H2,1-2H3,(H,25,28)/t16-/m1/s1. The van der Waals surface area contributed by atoms with E-state index in [1.165, 1.54) is 5.56 Å². The van der Waals surface area contributed by atoms with Crippen LogP contribution in [-0.2, 0) is 16.1 Å². The molecule has 3 aromatic rings. The normalized spacial score (nSPS) is 16.3. The number of rotatable bonds is 5. The van der Waals surface area contributed by atoms with Gasteiger partial charge in [-0.2, -0.15) is 0 Å². The first-order valence-electron chi connectivity index (χ1n) is 9.52. The summed E-state index contributed by atoms with van der Waals surface area (Å²) in [6.07, 6.45) is 3.49. The van der Waals surface area contributed by atoms with Crippen LogP contribution in [0, 0.1) is 19.8 Å². The molecule has 1 fully saturated rings. The van der Waals surface area contributed by atoms with Crippen molar-refractivity contribution in [2.45, 2.75) is 26.8 Å². The lowest BCUT2D eigenvalue weighted by atomic mass is 10.1. The summed E-state index contributed by atoms with van der Waals surface area (Å²) in [5.41, 5.74) is 4.66. The van der Waals surface area contributed by atoms with Crippen LogP contribution >= 0.6 is 11.3 Å². The smallest absolute Gasteiger partial charge is 0.227 e. The number of aryl methyl sites for hydroxylation is 2. The molecule has 0 aliphatic carbocycles. The predicted octanol–water partition coefficient (Wildman–Crippen LogP) is 3.49. The third-order valence-electron chi connectivity index (χ3n) is 5.26. The Balaban J connectivity index is 1.43. The number of hydrogen-bond donors (Lipinski definition) is 1. The Bertz CT molecular complexity index is 1050. The van der Waals surface area contributed by atoms with Crippen LogP contribution < -0.4 is 10.2 Å². The molecular formula is C22H22N4O2S. The lowest BCUT2D eigenvalue weighted by molar-refractivity contribution is -0.126. The summed E-state index contributed by atoms with van der Waals surface area (Å²) in [4.78, 5) is 36.7. The van der Waals surface area contributed by atoms with Gasteiger partial charge in [-0.05, 0) is 48.6 Å². The summed E-state index contributed by atoms with van der Waals surface area (Å²) >= 11 is 1.58. The fourth-order valence-electron chi connectivity index (χ4n) is 3.46. The molecule has 1 aliphatic rings. The van der Waals surface area contributed by atoms with Crippen molar-refractivity contribution >= 4 is 28.8 Å². The fourth-order valence-corrected chi connectivity index (χ4v) is 4.20. The third kappa shape index (κ3) is 4.05. The number of carbonyl (C=O) groups is 2. The average Bonchev–Trinajstić information content (AvgIpc) is 3.38. The molecule has 2 amide bonds. The van der Waals surface area contributed by atoms with Gasteiger partial charge in [0.25, 0.3) is 0 Å². The quantitative estimate of drug-likeness (QED) is 0.704. The largest absolute Gasteiger partial charge is 0.350 e. The van der Waals surface area contributed by atoms with Gasteiger partial charge >= 0.3 is 0 Å². The first-order chi connectivity index (χ1) is 14.0. The van der Waals surface area contributed by atoms with Crippen LogP contribution in [0.15, 0.2) is 48.1 Å². The van der Waals surface area contributed by atoms with Gasteiger partial charge in [-0.3, -0.25) is 19.6 Å². The highest BCUT2D eigenvalue weighted by Crippen LogP contribution is 2.28. The number of aromatic nitrogens is 2. The van der Waals surface area contributed by atoms with Crippen molar-refractivity contribution < 1.29 is 9.59 Å². The number of nitrogens with zero attached hydrogens (tertiary/aromatic N) is 3. The predicted molar refractivity (Wildman–Crippen MR) is 114 cm³/mol. The minimum atomic E-state index is -0.369. The molecule has 7 heteroatoms. The molecule has 0 unspecified atom stereocenters. The second-order valence-electron chi connectivity index (χ2n) is 7.22. The van der Waals surface area contributed by atoms with Gasteiger partial charge in [0, 0.05) is 31.0 Å². The first-order valence-corrected chi connectivity index (χ1v) is 10.4. The van der Waals surface area contributed by atoms with E-state index in [1.54, 1.807) is 28.6 Å². The first kappa shape index (κ1) is 19.3. The Morgan fingerprint density at radius 2 is 2.03 bits per heavy atom. The monoisotopic (exact) mass is 406 g/mol. The summed E-state index contributed by atoms with van der Waals surface area (Å²) < 4.78 is 0. The number of anilines is 1. The van der Waals surface area contributed by atoms with Gasteiger partial charge in [-0.1, -0.05) is 12.1 Å². The van der Waals surface area contributed by atoms with Gasteiger partial charge in [0.1, 0.15) is 5.69 Å². The van der Waals surface area contributed by atoms with Crippen molar-refractivity contribution in [3.8, 4) is 10.6 Å². The van der Waals surface area contributed by atoms with Gasteiger partial charge in [0.15, 0.2) is 0 Å². The molecule has 29 heavy (non-hydrogen) atoms. The molecule has 1 aliphatic heterocycles. The van der Waals surface area contributed by atoms with E-state index in [-0.39, 0.29) is 30.7 Å². The second kappa shape index (κ2) is 8.13. The van der Waals surface area contributed by atoms with Crippen molar-refractivity contribution in [2.75, 3.05) is 11.4 Å². The molecule has 0 saturated carbocycles. The van der Waals surface area contributed by atoms with E-state index in [0.717, 1.165) is 27.5 Å². The SMILES string of the molecule is Cc1ccc(N2C[C@H](C(=O)NCc3nccnc3-c3cccs3)CC2=O)cc1C. The molecule has 0 bridgehead atoms. The number of amides is 2. The zero-order chi connectivity index (χ0) is 20.4. The molecule has 4 rings (SSSR count). The maximum atomic E-state index is 12.7. The van der Waals surface area contributed by atoms with E-state index in [2.05, 4.69) is 15.3 Å². The van der Waals surface area contributed by atoms with Gasteiger partial charge in [-0.15, -0.1) is 11.3 Å². The van der Waals surface area contributed by atoms with Crippen LogP contribution in [0.1, 0.15) is 23.2 Å². The number of benzene rings is 1. The Morgan fingerprint density at radius 3 is 2.79 bits per heavy atom. The van der Waals surface area contributed by atoms with Crippen molar-refractivity contribution in [3.63, 3.8) is 0 Å². The molecule has 1 atom stereocenters. The highest BCUT2D eigenvalue weighted by atomic mass is 32.1. The molecular weight excluding hydrogens is 384 g/mol. The summed E-state index contributed by atoms with van der Waals surface area (Å²) in [5, 5.41) is 4.92. The molecule has 3 heterocycles. The van der Waals surface area contributed by atoms with Crippen LogP contribution in [0.25, 0.3) is 10.6 Å². The lowest BCUT2D eigenvalue weighted by Gasteiger charge is -2.18. The van der Waals surface area contributed by atoms with Crippen molar-refractivity contribution in [2.24, 2.45) is 5.92 Å². The summed E-state index contributed by atoms with van der Waals surface area (Å²) in [7, 11) is 0. The van der Waals surface area contributed by atoms with E-state index in [9.17, 15) is 9.59 Å². The third-order valence-corrected chi connectivity index (χ3v) is 6.13. The number of nitrogens with one attached hydrogen (secondary N) is 1. The molecule has 1 saturated heterocycles. The van der Waals surface area contributed by atoms with E-state index < -0.39 is 0 Å². The summed E-state index contributed by atoms with van der Waals surface area (Å²) in [5.74, 6) is -0.523.